The molecule has 2 aliphatic carbocycles. The summed E-state index contributed by atoms with van der Waals surface area (Å²) in [5.41, 5.74) is 0.470. The lowest BCUT2D eigenvalue weighted by Crippen LogP contribution is -2.46. The molecule has 120 valence electrons. The van der Waals surface area contributed by atoms with E-state index in [1.807, 2.05) is 34.6 Å². The van der Waals surface area contributed by atoms with Gasteiger partial charge < -0.3 is 14.9 Å². The van der Waals surface area contributed by atoms with Gasteiger partial charge in [-0.15, -0.1) is 0 Å². The van der Waals surface area contributed by atoms with Crippen molar-refractivity contribution in [2.45, 2.75) is 72.2 Å². The summed E-state index contributed by atoms with van der Waals surface area (Å²) in [5.74, 6) is -0.203. The second-order valence-electron chi connectivity index (χ2n) is 7.80. The molecule has 1 spiro atoms. The molecule has 0 aliphatic heterocycles. The molecule has 2 rings (SSSR count). The quantitative estimate of drug-likeness (QED) is 0.576. The standard InChI is InChI=1S/C17H28O4/c1-10-8-13(18)14(19)11(2)17(10)7-6-12(9-17)21-15(20)16(3,4)5/h8,11-14,18-19H,6-7,9H2,1-5H3/t11-,12+,13+,14-,17-/m1/s1. The lowest BCUT2D eigenvalue weighted by atomic mass is 9.63. The Labute approximate surface area is 127 Å². The van der Waals surface area contributed by atoms with Gasteiger partial charge in [-0.1, -0.05) is 18.6 Å². The third-order valence-corrected chi connectivity index (χ3v) is 5.33. The molecule has 0 aromatic heterocycles. The summed E-state index contributed by atoms with van der Waals surface area (Å²) < 4.78 is 5.65. The molecule has 4 nitrogen and oxygen atoms in total. The van der Waals surface area contributed by atoms with Gasteiger partial charge in [0.05, 0.1) is 17.6 Å². The number of hydrogen-bond acceptors (Lipinski definition) is 4. The molecule has 0 bridgehead atoms. The number of aliphatic hydroxyl groups excluding tert-OH is 2. The van der Waals surface area contributed by atoms with Crippen molar-refractivity contribution < 1.29 is 19.7 Å². The van der Waals surface area contributed by atoms with E-state index >= 15 is 0 Å². The topological polar surface area (TPSA) is 66.8 Å². The van der Waals surface area contributed by atoms with Crippen molar-refractivity contribution in [3.63, 3.8) is 0 Å². The molecule has 0 aromatic rings. The van der Waals surface area contributed by atoms with E-state index in [1.54, 1.807) is 6.08 Å². The SMILES string of the molecule is CC1=C[C@H](O)[C@H](O)[C@@H](C)[C@@]12CC[C@H](OC(=O)C(C)(C)C)C2. The van der Waals surface area contributed by atoms with Crippen molar-refractivity contribution in [3.05, 3.63) is 11.6 Å². The number of esters is 1. The fourth-order valence-electron chi connectivity index (χ4n) is 3.73. The zero-order valence-corrected chi connectivity index (χ0v) is 13.7. The first-order valence-electron chi connectivity index (χ1n) is 7.84. The number of hydrogen-bond donors (Lipinski definition) is 2. The Morgan fingerprint density at radius 3 is 2.57 bits per heavy atom. The minimum Gasteiger partial charge on any atom is -0.462 e. The lowest BCUT2D eigenvalue weighted by molar-refractivity contribution is -0.158. The van der Waals surface area contributed by atoms with Crippen LogP contribution in [0.5, 0.6) is 0 Å². The van der Waals surface area contributed by atoms with E-state index < -0.39 is 17.6 Å². The van der Waals surface area contributed by atoms with Gasteiger partial charge in [0.1, 0.15) is 6.10 Å². The fourth-order valence-corrected chi connectivity index (χ4v) is 3.73. The average molecular weight is 296 g/mol. The highest BCUT2D eigenvalue weighted by molar-refractivity contribution is 5.75. The number of carbonyl (C=O) groups is 1. The zero-order valence-electron chi connectivity index (χ0n) is 13.7. The fraction of sp³-hybridized carbons (Fsp3) is 0.824. The van der Waals surface area contributed by atoms with Crippen LogP contribution in [0, 0.1) is 16.7 Å². The molecule has 2 N–H and O–H groups in total. The number of aliphatic hydroxyl groups is 2. The van der Waals surface area contributed by atoms with Crippen molar-refractivity contribution in [2.24, 2.45) is 16.7 Å². The van der Waals surface area contributed by atoms with Crippen LogP contribution in [0.15, 0.2) is 11.6 Å². The van der Waals surface area contributed by atoms with Crippen LogP contribution in [-0.2, 0) is 9.53 Å². The summed E-state index contributed by atoms with van der Waals surface area (Å²) in [4.78, 5) is 12.0. The summed E-state index contributed by atoms with van der Waals surface area (Å²) in [6, 6.07) is 0. The monoisotopic (exact) mass is 296 g/mol. The summed E-state index contributed by atoms with van der Waals surface area (Å²) in [7, 11) is 0. The van der Waals surface area contributed by atoms with Gasteiger partial charge in [-0.05, 0) is 58.3 Å². The van der Waals surface area contributed by atoms with Crippen LogP contribution in [0.3, 0.4) is 0 Å². The Balaban J connectivity index is 2.14. The van der Waals surface area contributed by atoms with Crippen LogP contribution in [0.1, 0.15) is 53.9 Å². The second kappa shape index (κ2) is 5.40. The highest BCUT2D eigenvalue weighted by Crippen LogP contribution is 2.54. The first-order chi connectivity index (χ1) is 9.58. The van der Waals surface area contributed by atoms with Crippen molar-refractivity contribution >= 4 is 5.97 Å². The molecule has 2 aliphatic rings. The summed E-state index contributed by atoms with van der Waals surface area (Å²) in [6.07, 6.45) is 2.58. The van der Waals surface area contributed by atoms with E-state index in [0.29, 0.717) is 0 Å². The van der Waals surface area contributed by atoms with Crippen molar-refractivity contribution in [2.75, 3.05) is 0 Å². The molecular formula is C17H28O4. The smallest absolute Gasteiger partial charge is 0.311 e. The van der Waals surface area contributed by atoms with Gasteiger partial charge in [0.2, 0.25) is 0 Å². The van der Waals surface area contributed by atoms with E-state index in [2.05, 4.69) is 0 Å². The van der Waals surface area contributed by atoms with Crippen LogP contribution in [0.2, 0.25) is 0 Å². The van der Waals surface area contributed by atoms with Crippen LogP contribution < -0.4 is 0 Å². The molecule has 5 atom stereocenters. The highest BCUT2D eigenvalue weighted by Gasteiger charge is 2.51. The normalized spacial score (nSPS) is 40.2. The van der Waals surface area contributed by atoms with Crippen LogP contribution >= 0.6 is 0 Å². The summed E-state index contributed by atoms with van der Waals surface area (Å²) >= 11 is 0. The summed E-state index contributed by atoms with van der Waals surface area (Å²) in [6.45, 7) is 9.57. The molecule has 1 fully saturated rings. The Morgan fingerprint density at radius 2 is 2.00 bits per heavy atom. The first-order valence-corrected chi connectivity index (χ1v) is 7.84. The molecule has 0 radical (unpaired) electrons. The molecule has 0 aromatic carbocycles. The molecule has 4 heteroatoms. The predicted octanol–water partition coefficient (Wildman–Crippen LogP) is 2.43. The minimum atomic E-state index is -0.790. The van der Waals surface area contributed by atoms with Gasteiger partial charge in [-0.3, -0.25) is 4.79 Å². The number of allylic oxidation sites excluding steroid dienone is 1. The zero-order chi connectivity index (χ0) is 16.0. The third-order valence-electron chi connectivity index (χ3n) is 5.33. The Kier molecular flexibility index (Phi) is 4.24. The van der Waals surface area contributed by atoms with Crippen LogP contribution in [0.25, 0.3) is 0 Å². The third kappa shape index (κ3) is 2.88. The van der Waals surface area contributed by atoms with Gasteiger partial charge in [0.15, 0.2) is 0 Å². The second-order valence-corrected chi connectivity index (χ2v) is 7.80. The number of carbonyl (C=O) groups excluding carboxylic acids is 1. The van der Waals surface area contributed by atoms with Crippen molar-refractivity contribution in [1.82, 2.24) is 0 Å². The first kappa shape index (κ1) is 16.5. The number of rotatable bonds is 1. The molecule has 1 saturated carbocycles. The largest absolute Gasteiger partial charge is 0.462 e. The van der Waals surface area contributed by atoms with E-state index in [9.17, 15) is 15.0 Å². The maximum atomic E-state index is 12.0. The predicted molar refractivity (Wildman–Crippen MR) is 80.6 cm³/mol. The lowest BCUT2D eigenvalue weighted by Gasteiger charge is -2.44. The molecule has 0 saturated heterocycles. The van der Waals surface area contributed by atoms with E-state index in [1.165, 1.54) is 0 Å². The Hall–Kier alpha value is -0.870. The summed E-state index contributed by atoms with van der Waals surface area (Å²) in [5, 5.41) is 20.1. The van der Waals surface area contributed by atoms with Gasteiger partial charge in [-0.2, -0.15) is 0 Å². The van der Waals surface area contributed by atoms with Crippen molar-refractivity contribution in [1.29, 1.82) is 0 Å². The molecular weight excluding hydrogens is 268 g/mol. The molecule has 0 unspecified atom stereocenters. The minimum absolute atomic E-state index is 0.0316. The Bertz CT molecular complexity index is 448. The molecule has 0 amide bonds. The van der Waals surface area contributed by atoms with Crippen LogP contribution in [0.4, 0.5) is 0 Å². The van der Waals surface area contributed by atoms with Gasteiger partial charge in [-0.25, -0.2) is 0 Å². The van der Waals surface area contributed by atoms with Gasteiger partial charge >= 0.3 is 5.97 Å². The van der Waals surface area contributed by atoms with E-state index in [4.69, 9.17) is 4.74 Å². The van der Waals surface area contributed by atoms with Gasteiger partial charge in [0, 0.05) is 0 Å². The van der Waals surface area contributed by atoms with E-state index in [-0.39, 0.29) is 23.4 Å². The van der Waals surface area contributed by atoms with E-state index in [0.717, 1.165) is 24.8 Å². The number of ether oxygens (including phenoxy) is 1. The van der Waals surface area contributed by atoms with Crippen molar-refractivity contribution in [3.8, 4) is 0 Å². The van der Waals surface area contributed by atoms with Gasteiger partial charge in [0.25, 0.3) is 0 Å². The highest BCUT2D eigenvalue weighted by atomic mass is 16.5. The molecule has 0 heterocycles. The average Bonchev–Trinajstić information content (AvgIpc) is 2.79. The maximum Gasteiger partial charge on any atom is 0.311 e. The molecule has 21 heavy (non-hydrogen) atoms. The maximum absolute atomic E-state index is 12.0. The Morgan fingerprint density at radius 1 is 1.38 bits per heavy atom. The van der Waals surface area contributed by atoms with Crippen LogP contribution in [-0.4, -0.2) is 34.5 Å².